The fourth-order valence-electron chi connectivity index (χ4n) is 1.17. The van der Waals surface area contributed by atoms with Crippen LogP contribution in [0.5, 0.6) is 0 Å². The lowest BCUT2D eigenvalue weighted by atomic mass is 9.94. The predicted molar refractivity (Wildman–Crippen MR) is 71.9 cm³/mol. The highest BCUT2D eigenvalue weighted by atomic mass is 16.5. The van der Waals surface area contributed by atoms with Crippen molar-refractivity contribution in [2.24, 2.45) is 21.3 Å². The Kier molecular flexibility index (Phi) is 6.44. The third-order valence-corrected chi connectivity index (χ3v) is 2.04. The third kappa shape index (κ3) is 4.39. The zero-order valence-electron chi connectivity index (χ0n) is 12.0. The molecule has 0 N–H and O–H groups in total. The number of ether oxygens (including phenoxy) is 1. The van der Waals surface area contributed by atoms with Crippen LogP contribution in [0.4, 0.5) is 0 Å². The van der Waals surface area contributed by atoms with Gasteiger partial charge < -0.3 is 4.74 Å². The molecule has 0 aromatic carbocycles. The summed E-state index contributed by atoms with van der Waals surface area (Å²) in [6, 6.07) is 0. The van der Waals surface area contributed by atoms with Crippen molar-refractivity contribution in [2.75, 3.05) is 6.61 Å². The largest absolute Gasteiger partial charge is 0.465 e. The molecule has 1 atom stereocenters. The molecule has 0 saturated heterocycles. The van der Waals surface area contributed by atoms with Crippen molar-refractivity contribution in [3.8, 4) is 0 Å². The summed E-state index contributed by atoms with van der Waals surface area (Å²) in [6.45, 7) is 11.6. The van der Waals surface area contributed by atoms with Crippen molar-refractivity contribution < 1.29 is 14.3 Å². The summed E-state index contributed by atoms with van der Waals surface area (Å²) in [5.41, 5.74) is -0.300. The molecule has 5 nitrogen and oxygen atoms in total. The van der Waals surface area contributed by atoms with Crippen LogP contribution < -0.4 is 0 Å². The summed E-state index contributed by atoms with van der Waals surface area (Å²) < 4.78 is 4.75. The molecule has 0 aliphatic carbocycles. The average molecular weight is 254 g/mol. The SMILES string of the molecule is CC.CCOC(=O)C1C=NC(C(C)(C)C)=NC1=O. The Labute approximate surface area is 108 Å². The summed E-state index contributed by atoms with van der Waals surface area (Å²) >= 11 is 0. The Balaban J connectivity index is 0.00000137. The van der Waals surface area contributed by atoms with Crippen LogP contribution in [0.1, 0.15) is 41.5 Å². The number of carbonyl (C=O) groups excluding carboxylic acids is 2. The maximum atomic E-state index is 11.6. The van der Waals surface area contributed by atoms with Gasteiger partial charge in [-0.25, -0.2) is 4.99 Å². The molecule has 102 valence electrons. The number of aliphatic imine (C=N–C) groups is 2. The molecule has 5 heteroatoms. The number of hydrogen-bond acceptors (Lipinski definition) is 4. The zero-order valence-corrected chi connectivity index (χ0v) is 12.0. The molecule has 1 rings (SSSR count). The molecule has 0 saturated carbocycles. The van der Waals surface area contributed by atoms with Crippen LogP contribution in [0, 0.1) is 11.3 Å². The van der Waals surface area contributed by atoms with E-state index in [-0.39, 0.29) is 12.0 Å². The summed E-state index contributed by atoms with van der Waals surface area (Å²) in [5, 5.41) is 0. The summed E-state index contributed by atoms with van der Waals surface area (Å²) in [4.78, 5) is 30.8. The molecule has 1 aliphatic rings. The second kappa shape index (κ2) is 7.03. The Bertz CT molecular complexity index is 365. The fourth-order valence-corrected chi connectivity index (χ4v) is 1.17. The van der Waals surface area contributed by atoms with Gasteiger partial charge in [0.05, 0.1) is 6.61 Å². The van der Waals surface area contributed by atoms with Gasteiger partial charge in [0, 0.05) is 11.6 Å². The first-order valence-corrected chi connectivity index (χ1v) is 6.20. The number of amidine groups is 1. The minimum Gasteiger partial charge on any atom is -0.465 e. The van der Waals surface area contributed by atoms with Gasteiger partial charge >= 0.3 is 5.97 Å². The maximum Gasteiger partial charge on any atom is 0.324 e. The van der Waals surface area contributed by atoms with Crippen molar-refractivity contribution in [3.05, 3.63) is 0 Å². The first-order valence-electron chi connectivity index (χ1n) is 6.20. The Morgan fingerprint density at radius 3 is 2.33 bits per heavy atom. The molecule has 1 unspecified atom stereocenters. The lowest BCUT2D eigenvalue weighted by Gasteiger charge is -2.21. The first kappa shape index (κ1) is 16.5. The van der Waals surface area contributed by atoms with Gasteiger partial charge in [0.1, 0.15) is 5.84 Å². The number of carbonyl (C=O) groups is 2. The fraction of sp³-hybridized carbons (Fsp3) is 0.692. The standard InChI is InChI=1S/C11H16N2O3.C2H6/c1-5-16-9(15)7-6-12-10(11(2,3)4)13-8(7)14;1-2/h6-7H,5H2,1-4H3;1-2H3. The summed E-state index contributed by atoms with van der Waals surface area (Å²) in [5.74, 6) is -1.63. The average Bonchev–Trinajstić information content (AvgIpc) is 2.30. The summed E-state index contributed by atoms with van der Waals surface area (Å²) in [7, 11) is 0. The minimum absolute atomic E-state index is 0.242. The van der Waals surface area contributed by atoms with Crippen LogP contribution in [-0.2, 0) is 14.3 Å². The highest BCUT2D eigenvalue weighted by Gasteiger charge is 2.32. The van der Waals surface area contributed by atoms with E-state index >= 15 is 0 Å². The van der Waals surface area contributed by atoms with E-state index in [1.54, 1.807) is 6.92 Å². The zero-order chi connectivity index (χ0) is 14.3. The van der Waals surface area contributed by atoms with Gasteiger partial charge in [-0.2, -0.15) is 4.99 Å². The van der Waals surface area contributed by atoms with Gasteiger partial charge in [-0.05, 0) is 6.92 Å². The molecule has 1 amide bonds. The molecule has 0 fully saturated rings. The second-order valence-corrected chi connectivity index (χ2v) is 4.53. The smallest absolute Gasteiger partial charge is 0.324 e. The van der Waals surface area contributed by atoms with Gasteiger partial charge in [-0.1, -0.05) is 34.6 Å². The van der Waals surface area contributed by atoms with Gasteiger partial charge in [0.25, 0.3) is 5.91 Å². The van der Waals surface area contributed by atoms with Crippen molar-refractivity contribution >= 4 is 23.9 Å². The van der Waals surface area contributed by atoms with Crippen LogP contribution in [0.3, 0.4) is 0 Å². The number of amides is 1. The van der Waals surface area contributed by atoms with Crippen LogP contribution in [0.15, 0.2) is 9.98 Å². The topological polar surface area (TPSA) is 68.1 Å². The molecule has 0 radical (unpaired) electrons. The Hall–Kier alpha value is -1.52. The molecule has 0 spiro atoms. The maximum absolute atomic E-state index is 11.6. The predicted octanol–water partition coefficient (Wildman–Crippen LogP) is 2.25. The molecule has 0 bridgehead atoms. The third-order valence-electron chi connectivity index (χ3n) is 2.04. The monoisotopic (exact) mass is 254 g/mol. The van der Waals surface area contributed by atoms with Crippen molar-refractivity contribution in [2.45, 2.75) is 41.5 Å². The first-order chi connectivity index (χ1) is 8.36. The van der Waals surface area contributed by atoms with E-state index in [1.807, 2.05) is 34.6 Å². The van der Waals surface area contributed by atoms with Crippen LogP contribution in [0.2, 0.25) is 0 Å². The van der Waals surface area contributed by atoms with E-state index < -0.39 is 17.8 Å². The van der Waals surface area contributed by atoms with Gasteiger partial charge in [-0.15, -0.1) is 0 Å². The Morgan fingerprint density at radius 1 is 1.39 bits per heavy atom. The van der Waals surface area contributed by atoms with Gasteiger partial charge in [0.15, 0.2) is 5.92 Å². The summed E-state index contributed by atoms with van der Waals surface area (Å²) in [6.07, 6.45) is 1.31. The molecule has 1 aliphatic heterocycles. The van der Waals surface area contributed by atoms with Gasteiger partial charge in [0.2, 0.25) is 0 Å². The second-order valence-electron chi connectivity index (χ2n) is 4.53. The van der Waals surface area contributed by atoms with E-state index in [2.05, 4.69) is 9.98 Å². The highest BCUT2D eigenvalue weighted by Crippen LogP contribution is 2.20. The molecular weight excluding hydrogens is 232 g/mol. The van der Waals surface area contributed by atoms with Crippen molar-refractivity contribution in [3.63, 3.8) is 0 Å². The number of rotatable bonds is 2. The van der Waals surface area contributed by atoms with Crippen LogP contribution >= 0.6 is 0 Å². The number of hydrogen-bond donors (Lipinski definition) is 0. The molecule has 0 aromatic rings. The van der Waals surface area contributed by atoms with Crippen molar-refractivity contribution in [1.29, 1.82) is 0 Å². The van der Waals surface area contributed by atoms with E-state index in [1.165, 1.54) is 6.21 Å². The number of nitrogens with zero attached hydrogens (tertiary/aromatic N) is 2. The molecule has 18 heavy (non-hydrogen) atoms. The molecular formula is C13H22N2O3. The quantitative estimate of drug-likeness (QED) is 0.560. The lowest BCUT2D eigenvalue weighted by molar-refractivity contribution is -0.148. The van der Waals surface area contributed by atoms with E-state index in [0.29, 0.717) is 5.84 Å². The van der Waals surface area contributed by atoms with E-state index in [0.717, 1.165) is 0 Å². The number of esters is 1. The van der Waals surface area contributed by atoms with Crippen molar-refractivity contribution in [1.82, 2.24) is 0 Å². The minimum atomic E-state index is -0.981. The van der Waals surface area contributed by atoms with Crippen LogP contribution in [-0.4, -0.2) is 30.5 Å². The van der Waals surface area contributed by atoms with E-state index in [4.69, 9.17) is 4.74 Å². The Morgan fingerprint density at radius 2 is 1.94 bits per heavy atom. The highest BCUT2D eigenvalue weighted by molar-refractivity contribution is 6.19. The van der Waals surface area contributed by atoms with Gasteiger partial charge in [-0.3, -0.25) is 9.59 Å². The van der Waals surface area contributed by atoms with E-state index in [9.17, 15) is 9.59 Å². The molecule has 0 aromatic heterocycles. The van der Waals surface area contributed by atoms with Crippen LogP contribution in [0.25, 0.3) is 0 Å². The lowest BCUT2D eigenvalue weighted by Crippen LogP contribution is -2.33. The normalized spacial score (nSPS) is 18.7. The molecule has 1 heterocycles.